The van der Waals surface area contributed by atoms with Gasteiger partial charge in [-0.1, -0.05) is 13.8 Å². The lowest BCUT2D eigenvalue weighted by atomic mass is 10.0. The molecule has 2 rings (SSSR count). The highest BCUT2D eigenvalue weighted by atomic mass is 16.6. The van der Waals surface area contributed by atoms with Gasteiger partial charge in [-0.15, -0.1) is 0 Å². The minimum absolute atomic E-state index is 0.0369. The second-order valence-electron chi connectivity index (χ2n) is 5.52. The Morgan fingerprint density at radius 2 is 1.88 bits per heavy atom. The standard InChI is InChI=1S/C15H17N5O4/c1-9(2)13(14(16)21)17-15(22)12-7-8-19(18-12)10-3-5-11(6-4-10)20(23)24/h3-9,13H,1-2H3,(H2,16,21)(H,17,22). The highest BCUT2D eigenvalue weighted by Gasteiger charge is 2.23. The zero-order chi connectivity index (χ0) is 17.9. The molecule has 9 nitrogen and oxygen atoms in total. The number of carbonyl (C=O) groups excluding carboxylic acids is 2. The second kappa shape index (κ2) is 6.90. The van der Waals surface area contributed by atoms with Gasteiger partial charge in [-0.25, -0.2) is 4.68 Å². The number of carbonyl (C=O) groups is 2. The first kappa shape index (κ1) is 17.1. The molecule has 0 aliphatic carbocycles. The van der Waals surface area contributed by atoms with E-state index < -0.39 is 22.8 Å². The molecule has 24 heavy (non-hydrogen) atoms. The lowest BCUT2D eigenvalue weighted by Gasteiger charge is -2.18. The van der Waals surface area contributed by atoms with Gasteiger partial charge in [0, 0.05) is 18.3 Å². The largest absolute Gasteiger partial charge is 0.368 e. The zero-order valence-corrected chi connectivity index (χ0v) is 13.2. The molecular formula is C15H17N5O4. The molecule has 0 aliphatic rings. The lowest BCUT2D eigenvalue weighted by Crippen LogP contribution is -2.47. The summed E-state index contributed by atoms with van der Waals surface area (Å²) in [5, 5.41) is 17.3. The van der Waals surface area contributed by atoms with Gasteiger partial charge in [0.2, 0.25) is 5.91 Å². The first-order valence-electron chi connectivity index (χ1n) is 7.20. The Morgan fingerprint density at radius 3 is 2.38 bits per heavy atom. The van der Waals surface area contributed by atoms with Crippen LogP contribution >= 0.6 is 0 Å². The number of benzene rings is 1. The van der Waals surface area contributed by atoms with Crippen LogP contribution < -0.4 is 11.1 Å². The predicted octanol–water partition coefficient (Wildman–Crippen LogP) is 1.02. The van der Waals surface area contributed by atoms with Gasteiger partial charge >= 0.3 is 0 Å². The summed E-state index contributed by atoms with van der Waals surface area (Å²) < 4.78 is 1.41. The molecule has 1 atom stereocenters. The number of nitro groups is 1. The van der Waals surface area contributed by atoms with E-state index in [1.165, 1.54) is 35.0 Å². The van der Waals surface area contributed by atoms with Crippen LogP contribution in [0.5, 0.6) is 0 Å². The summed E-state index contributed by atoms with van der Waals surface area (Å²) in [6.45, 7) is 3.54. The van der Waals surface area contributed by atoms with E-state index in [0.29, 0.717) is 5.69 Å². The molecule has 9 heteroatoms. The number of aromatic nitrogens is 2. The predicted molar refractivity (Wildman–Crippen MR) is 85.5 cm³/mol. The van der Waals surface area contributed by atoms with E-state index in [1.807, 2.05) is 0 Å². The van der Waals surface area contributed by atoms with E-state index in [0.717, 1.165) is 0 Å². The molecule has 3 N–H and O–H groups in total. The van der Waals surface area contributed by atoms with Crippen LogP contribution in [-0.4, -0.2) is 32.6 Å². The molecule has 0 fully saturated rings. The topological polar surface area (TPSA) is 133 Å². The number of non-ortho nitro benzene ring substituents is 1. The number of rotatable bonds is 6. The summed E-state index contributed by atoms with van der Waals surface area (Å²) in [5.74, 6) is -1.29. The molecule has 1 aromatic heterocycles. The number of amides is 2. The fourth-order valence-corrected chi connectivity index (χ4v) is 2.10. The number of hydrogen-bond acceptors (Lipinski definition) is 5. The molecule has 2 amide bonds. The van der Waals surface area contributed by atoms with Crippen LogP contribution in [-0.2, 0) is 4.79 Å². The average molecular weight is 331 g/mol. The van der Waals surface area contributed by atoms with Gasteiger partial charge in [-0.2, -0.15) is 5.10 Å². The van der Waals surface area contributed by atoms with Gasteiger partial charge < -0.3 is 11.1 Å². The molecule has 126 valence electrons. The van der Waals surface area contributed by atoms with E-state index in [-0.39, 0.29) is 17.3 Å². The van der Waals surface area contributed by atoms with Crippen LogP contribution in [0.15, 0.2) is 36.5 Å². The fourth-order valence-electron chi connectivity index (χ4n) is 2.10. The van der Waals surface area contributed by atoms with Gasteiger partial charge in [-0.05, 0) is 24.1 Å². The molecular weight excluding hydrogens is 314 g/mol. The molecule has 1 unspecified atom stereocenters. The van der Waals surface area contributed by atoms with Crippen molar-refractivity contribution in [3.63, 3.8) is 0 Å². The molecule has 0 spiro atoms. The molecule has 2 aromatic rings. The van der Waals surface area contributed by atoms with Crippen LogP contribution in [0.2, 0.25) is 0 Å². The molecule has 0 radical (unpaired) electrons. The first-order valence-corrected chi connectivity index (χ1v) is 7.20. The van der Waals surface area contributed by atoms with Crippen molar-refractivity contribution in [1.82, 2.24) is 15.1 Å². The maximum absolute atomic E-state index is 12.2. The Kier molecular flexibility index (Phi) is 4.93. The third-order valence-electron chi connectivity index (χ3n) is 3.41. The van der Waals surface area contributed by atoms with E-state index in [2.05, 4.69) is 10.4 Å². The van der Waals surface area contributed by atoms with Crippen molar-refractivity contribution in [1.29, 1.82) is 0 Å². The van der Waals surface area contributed by atoms with Gasteiger partial charge in [0.05, 0.1) is 10.6 Å². The van der Waals surface area contributed by atoms with E-state index >= 15 is 0 Å². The van der Waals surface area contributed by atoms with Crippen LogP contribution in [0.3, 0.4) is 0 Å². The SMILES string of the molecule is CC(C)C(NC(=O)c1ccn(-c2ccc([N+](=O)[O-])cc2)n1)C(N)=O. The van der Waals surface area contributed by atoms with Crippen molar-refractivity contribution in [3.8, 4) is 5.69 Å². The van der Waals surface area contributed by atoms with Crippen LogP contribution in [0.25, 0.3) is 5.69 Å². The van der Waals surface area contributed by atoms with Crippen LogP contribution in [0.4, 0.5) is 5.69 Å². The molecule has 0 saturated carbocycles. The highest BCUT2D eigenvalue weighted by molar-refractivity contribution is 5.95. The number of primary amides is 1. The van der Waals surface area contributed by atoms with Gasteiger partial charge in [0.25, 0.3) is 11.6 Å². The summed E-state index contributed by atoms with van der Waals surface area (Å²) in [6.07, 6.45) is 1.55. The number of nitrogens with one attached hydrogen (secondary N) is 1. The van der Waals surface area contributed by atoms with Crippen molar-refractivity contribution in [2.75, 3.05) is 0 Å². The zero-order valence-electron chi connectivity index (χ0n) is 13.2. The average Bonchev–Trinajstić information content (AvgIpc) is 3.01. The normalized spacial score (nSPS) is 12.0. The summed E-state index contributed by atoms with van der Waals surface area (Å²) >= 11 is 0. The minimum Gasteiger partial charge on any atom is -0.368 e. The van der Waals surface area contributed by atoms with Crippen molar-refractivity contribution < 1.29 is 14.5 Å². The summed E-state index contributed by atoms with van der Waals surface area (Å²) in [7, 11) is 0. The van der Waals surface area contributed by atoms with Crippen LogP contribution in [0, 0.1) is 16.0 Å². The monoisotopic (exact) mass is 331 g/mol. The minimum atomic E-state index is -0.790. The van der Waals surface area contributed by atoms with E-state index in [4.69, 9.17) is 5.73 Å². The number of hydrogen-bond donors (Lipinski definition) is 2. The second-order valence-corrected chi connectivity index (χ2v) is 5.52. The Labute approximate surface area is 137 Å². The fraction of sp³-hybridized carbons (Fsp3) is 0.267. The summed E-state index contributed by atoms with van der Waals surface area (Å²) in [4.78, 5) is 33.7. The number of nitrogens with zero attached hydrogens (tertiary/aromatic N) is 3. The van der Waals surface area contributed by atoms with Crippen molar-refractivity contribution in [2.45, 2.75) is 19.9 Å². The Morgan fingerprint density at radius 1 is 1.25 bits per heavy atom. The van der Waals surface area contributed by atoms with E-state index in [1.54, 1.807) is 20.0 Å². The third-order valence-corrected chi connectivity index (χ3v) is 3.41. The molecule has 0 aliphatic heterocycles. The smallest absolute Gasteiger partial charge is 0.272 e. The number of nitrogens with two attached hydrogens (primary N) is 1. The third kappa shape index (κ3) is 3.75. The van der Waals surface area contributed by atoms with E-state index in [9.17, 15) is 19.7 Å². The summed E-state index contributed by atoms with van der Waals surface area (Å²) in [5.41, 5.74) is 5.90. The molecule has 0 bridgehead atoms. The van der Waals surface area contributed by atoms with Crippen molar-refractivity contribution in [2.24, 2.45) is 11.7 Å². The quantitative estimate of drug-likeness (QED) is 0.602. The van der Waals surface area contributed by atoms with Gasteiger partial charge in [0.15, 0.2) is 5.69 Å². The van der Waals surface area contributed by atoms with Gasteiger partial charge in [-0.3, -0.25) is 19.7 Å². The molecule has 1 heterocycles. The Bertz CT molecular complexity index is 766. The van der Waals surface area contributed by atoms with Crippen LogP contribution in [0.1, 0.15) is 24.3 Å². The molecule has 0 saturated heterocycles. The maximum Gasteiger partial charge on any atom is 0.272 e. The van der Waals surface area contributed by atoms with Gasteiger partial charge in [0.1, 0.15) is 6.04 Å². The van der Waals surface area contributed by atoms with Crippen molar-refractivity contribution >= 4 is 17.5 Å². The van der Waals surface area contributed by atoms with Crippen molar-refractivity contribution in [3.05, 3.63) is 52.3 Å². The Hall–Kier alpha value is -3.23. The molecule has 1 aromatic carbocycles. The Balaban J connectivity index is 2.16. The maximum atomic E-state index is 12.2. The summed E-state index contributed by atoms with van der Waals surface area (Å²) in [6, 6.07) is 6.43. The number of nitro benzene ring substituents is 1. The first-order chi connectivity index (χ1) is 11.3. The lowest BCUT2D eigenvalue weighted by molar-refractivity contribution is -0.384. The highest BCUT2D eigenvalue weighted by Crippen LogP contribution is 2.15.